The Balaban J connectivity index is 2.18. The lowest BCUT2D eigenvalue weighted by Crippen LogP contribution is -2.14. The van der Waals surface area contributed by atoms with Crippen LogP contribution in [0, 0.1) is 6.92 Å². The summed E-state index contributed by atoms with van der Waals surface area (Å²) in [5.41, 5.74) is 5.90. The second kappa shape index (κ2) is 4.23. The van der Waals surface area contributed by atoms with Gasteiger partial charge in [-0.2, -0.15) is 4.37 Å². The number of nitrogens with one attached hydrogen (secondary N) is 1. The summed E-state index contributed by atoms with van der Waals surface area (Å²) >= 11 is 1.12. The molecular weight excluding hydrogens is 226 g/mol. The summed E-state index contributed by atoms with van der Waals surface area (Å²) in [6, 6.07) is 3.25. The summed E-state index contributed by atoms with van der Waals surface area (Å²) in [7, 11) is 0. The Morgan fingerprint density at radius 3 is 3.00 bits per heavy atom. The molecule has 0 bridgehead atoms. The molecule has 0 aliphatic carbocycles. The molecule has 0 fully saturated rings. The van der Waals surface area contributed by atoms with E-state index >= 15 is 0 Å². The normalized spacial score (nSPS) is 10.1. The van der Waals surface area contributed by atoms with Crippen LogP contribution in [0.2, 0.25) is 0 Å². The van der Waals surface area contributed by atoms with Gasteiger partial charge in [-0.05, 0) is 19.1 Å². The van der Waals surface area contributed by atoms with E-state index in [2.05, 4.69) is 19.7 Å². The number of aromatic nitrogens is 3. The number of hydrogen-bond donors (Lipinski definition) is 2. The molecule has 2 aromatic rings. The van der Waals surface area contributed by atoms with Crippen molar-refractivity contribution in [2.24, 2.45) is 0 Å². The fourth-order valence-corrected chi connectivity index (χ4v) is 1.69. The Morgan fingerprint density at radius 1 is 1.56 bits per heavy atom. The van der Waals surface area contributed by atoms with E-state index < -0.39 is 0 Å². The van der Waals surface area contributed by atoms with E-state index in [-0.39, 0.29) is 11.7 Å². The Hall–Kier alpha value is -2.02. The Morgan fingerprint density at radius 2 is 2.38 bits per heavy atom. The number of hydrogen-bond acceptors (Lipinski definition) is 6. The van der Waals surface area contributed by atoms with Crippen LogP contribution >= 0.6 is 11.5 Å². The quantitative estimate of drug-likeness (QED) is 0.812. The Labute approximate surface area is 95.7 Å². The highest BCUT2D eigenvalue weighted by Crippen LogP contribution is 2.14. The molecule has 0 saturated carbocycles. The molecule has 0 spiro atoms. The van der Waals surface area contributed by atoms with Gasteiger partial charge >= 0.3 is 0 Å². The molecule has 2 rings (SSSR count). The third-order valence-corrected chi connectivity index (χ3v) is 2.55. The third-order valence-electron chi connectivity index (χ3n) is 1.83. The predicted octanol–water partition coefficient (Wildman–Crippen LogP) is 1.08. The topological polar surface area (TPSA) is 93.8 Å². The Bertz CT molecular complexity index is 524. The van der Waals surface area contributed by atoms with Gasteiger partial charge in [0.1, 0.15) is 11.6 Å². The van der Waals surface area contributed by atoms with E-state index in [0.717, 1.165) is 11.5 Å². The van der Waals surface area contributed by atoms with Gasteiger partial charge in [0.25, 0.3) is 5.91 Å². The zero-order valence-corrected chi connectivity index (χ0v) is 9.28. The minimum absolute atomic E-state index is 0.196. The smallest absolute Gasteiger partial charge is 0.261 e. The molecule has 0 unspecified atom stereocenters. The van der Waals surface area contributed by atoms with Gasteiger partial charge in [-0.15, -0.1) is 0 Å². The number of aryl methyl sites for hydroxylation is 1. The molecule has 6 nitrogen and oxygen atoms in total. The average molecular weight is 235 g/mol. The van der Waals surface area contributed by atoms with Crippen molar-refractivity contribution in [1.29, 1.82) is 0 Å². The summed E-state index contributed by atoms with van der Waals surface area (Å²) < 4.78 is 3.95. The second-order valence-electron chi connectivity index (χ2n) is 3.04. The molecule has 2 aromatic heterocycles. The highest BCUT2D eigenvalue weighted by atomic mass is 32.1. The highest BCUT2D eigenvalue weighted by molar-refractivity contribution is 7.09. The van der Waals surface area contributed by atoms with Crippen molar-refractivity contribution in [2.75, 3.05) is 11.1 Å². The van der Waals surface area contributed by atoms with Crippen molar-refractivity contribution in [3.8, 4) is 0 Å². The standard InChI is InChI=1S/C9H9N5OS/c1-5-12-9(16-14-5)13-8(15)6-3-2-4-11-7(6)10/h2-4H,1H3,(H2,10,11)(H,12,13,14,15). The molecule has 2 heterocycles. The molecule has 1 amide bonds. The first-order valence-corrected chi connectivity index (χ1v) is 5.26. The van der Waals surface area contributed by atoms with E-state index in [1.54, 1.807) is 19.1 Å². The number of nitrogen functional groups attached to an aromatic ring is 1. The van der Waals surface area contributed by atoms with Crippen molar-refractivity contribution in [1.82, 2.24) is 14.3 Å². The van der Waals surface area contributed by atoms with Crippen LogP contribution in [0.3, 0.4) is 0 Å². The summed E-state index contributed by atoms with van der Waals surface area (Å²) in [5.74, 6) is 0.488. The highest BCUT2D eigenvalue weighted by Gasteiger charge is 2.11. The van der Waals surface area contributed by atoms with E-state index in [1.807, 2.05) is 0 Å². The lowest BCUT2D eigenvalue weighted by molar-refractivity contribution is 0.102. The minimum atomic E-state index is -0.332. The lowest BCUT2D eigenvalue weighted by Gasteiger charge is -2.02. The van der Waals surface area contributed by atoms with Crippen LogP contribution in [0.15, 0.2) is 18.3 Å². The SMILES string of the molecule is Cc1nsc(NC(=O)c2cccnc2N)n1. The first kappa shape index (κ1) is 10.5. The fraction of sp³-hybridized carbons (Fsp3) is 0.111. The van der Waals surface area contributed by atoms with Crippen molar-refractivity contribution < 1.29 is 4.79 Å². The van der Waals surface area contributed by atoms with Gasteiger partial charge in [-0.1, -0.05) is 0 Å². The summed E-state index contributed by atoms with van der Waals surface area (Å²) in [5, 5.41) is 3.06. The van der Waals surface area contributed by atoms with Crippen molar-refractivity contribution in [2.45, 2.75) is 6.92 Å². The monoisotopic (exact) mass is 235 g/mol. The van der Waals surface area contributed by atoms with Crippen LogP contribution < -0.4 is 11.1 Å². The lowest BCUT2D eigenvalue weighted by atomic mass is 10.2. The predicted molar refractivity (Wildman–Crippen MR) is 61.2 cm³/mol. The van der Waals surface area contributed by atoms with Gasteiger partial charge in [0.05, 0.1) is 5.56 Å². The zero-order chi connectivity index (χ0) is 11.5. The van der Waals surface area contributed by atoms with Crippen LogP contribution in [-0.2, 0) is 0 Å². The maximum Gasteiger partial charge on any atom is 0.261 e. The molecule has 0 aliphatic rings. The number of anilines is 2. The molecule has 16 heavy (non-hydrogen) atoms. The van der Waals surface area contributed by atoms with Gasteiger partial charge in [0.2, 0.25) is 5.13 Å². The van der Waals surface area contributed by atoms with Gasteiger partial charge in [0, 0.05) is 17.7 Å². The largest absolute Gasteiger partial charge is 0.383 e. The number of carbonyl (C=O) groups is 1. The number of carbonyl (C=O) groups excluding carboxylic acids is 1. The molecule has 0 aromatic carbocycles. The average Bonchev–Trinajstić information content (AvgIpc) is 2.64. The van der Waals surface area contributed by atoms with E-state index in [0.29, 0.717) is 16.5 Å². The third kappa shape index (κ3) is 2.14. The van der Waals surface area contributed by atoms with Crippen molar-refractivity contribution in [3.05, 3.63) is 29.7 Å². The van der Waals surface area contributed by atoms with Crippen molar-refractivity contribution >= 4 is 28.4 Å². The molecule has 0 aliphatic heterocycles. The molecule has 7 heteroatoms. The summed E-state index contributed by atoms with van der Waals surface area (Å²) in [4.78, 5) is 19.6. The molecule has 3 N–H and O–H groups in total. The summed E-state index contributed by atoms with van der Waals surface area (Å²) in [6.07, 6.45) is 1.53. The van der Waals surface area contributed by atoms with Crippen molar-refractivity contribution in [3.63, 3.8) is 0 Å². The van der Waals surface area contributed by atoms with Crippen LogP contribution in [0.25, 0.3) is 0 Å². The van der Waals surface area contributed by atoms with Crippen LogP contribution in [0.1, 0.15) is 16.2 Å². The molecular formula is C9H9N5OS. The molecule has 0 saturated heterocycles. The first-order valence-electron chi connectivity index (χ1n) is 4.49. The number of nitrogens with zero attached hydrogens (tertiary/aromatic N) is 3. The molecule has 82 valence electrons. The fourth-order valence-electron chi connectivity index (χ4n) is 1.12. The number of amides is 1. The number of rotatable bonds is 2. The zero-order valence-electron chi connectivity index (χ0n) is 8.47. The molecule has 0 radical (unpaired) electrons. The first-order chi connectivity index (χ1) is 7.66. The summed E-state index contributed by atoms with van der Waals surface area (Å²) in [6.45, 7) is 1.75. The van der Waals surface area contributed by atoms with Crippen LogP contribution in [0.5, 0.6) is 0 Å². The van der Waals surface area contributed by atoms with Gasteiger partial charge < -0.3 is 5.73 Å². The van der Waals surface area contributed by atoms with E-state index in [4.69, 9.17) is 5.73 Å². The van der Waals surface area contributed by atoms with E-state index in [1.165, 1.54) is 6.20 Å². The Kier molecular flexibility index (Phi) is 2.78. The number of nitrogens with two attached hydrogens (primary N) is 1. The van der Waals surface area contributed by atoms with E-state index in [9.17, 15) is 4.79 Å². The van der Waals surface area contributed by atoms with Crippen LogP contribution in [-0.4, -0.2) is 20.2 Å². The minimum Gasteiger partial charge on any atom is -0.383 e. The maximum absolute atomic E-state index is 11.8. The maximum atomic E-state index is 11.8. The van der Waals surface area contributed by atoms with Gasteiger partial charge in [0.15, 0.2) is 0 Å². The molecule has 0 atom stereocenters. The number of pyridine rings is 1. The van der Waals surface area contributed by atoms with Crippen LogP contribution in [0.4, 0.5) is 10.9 Å². The van der Waals surface area contributed by atoms with Gasteiger partial charge in [-0.25, -0.2) is 9.97 Å². The van der Waals surface area contributed by atoms with Gasteiger partial charge in [-0.3, -0.25) is 10.1 Å². The second-order valence-corrected chi connectivity index (χ2v) is 3.79.